The summed E-state index contributed by atoms with van der Waals surface area (Å²) in [6, 6.07) is 7.65. The molecule has 1 fully saturated rings. The van der Waals surface area contributed by atoms with Crippen molar-refractivity contribution in [3.8, 4) is 0 Å². The van der Waals surface area contributed by atoms with Gasteiger partial charge in [0.1, 0.15) is 0 Å². The minimum absolute atomic E-state index is 0.0983. The fourth-order valence-corrected chi connectivity index (χ4v) is 2.90. The smallest absolute Gasteiger partial charge is 0.319 e. The summed E-state index contributed by atoms with van der Waals surface area (Å²) in [5.41, 5.74) is 2.10. The van der Waals surface area contributed by atoms with E-state index in [9.17, 15) is 9.90 Å². The number of carbonyl (C=O) groups excluding carboxylic acids is 1. The van der Waals surface area contributed by atoms with E-state index in [0.29, 0.717) is 13.0 Å². The van der Waals surface area contributed by atoms with Crippen LogP contribution in [0.15, 0.2) is 24.3 Å². The van der Waals surface area contributed by atoms with Crippen LogP contribution < -0.4 is 10.6 Å². The van der Waals surface area contributed by atoms with Gasteiger partial charge in [-0.25, -0.2) is 4.79 Å². The van der Waals surface area contributed by atoms with Crippen LogP contribution in [0.5, 0.6) is 0 Å². The molecule has 5 nitrogen and oxygen atoms in total. The maximum absolute atomic E-state index is 11.9. The molecule has 3 N–H and O–H groups in total. The lowest BCUT2D eigenvalue weighted by Gasteiger charge is -2.26. The van der Waals surface area contributed by atoms with E-state index in [1.54, 1.807) is 0 Å². The number of anilines is 1. The molecule has 1 saturated heterocycles. The molecule has 1 atom stereocenters. The van der Waals surface area contributed by atoms with Crippen LogP contribution >= 0.6 is 0 Å². The summed E-state index contributed by atoms with van der Waals surface area (Å²) in [6.07, 6.45) is 1.99. The highest BCUT2D eigenvalue weighted by Gasteiger charge is 2.21. The zero-order valence-electron chi connectivity index (χ0n) is 15.0. The van der Waals surface area contributed by atoms with Crippen molar-refractivity contribution in [3.63, 3.8) is 0 Å². The van der Waals surface area contributed by atoms with Gasteiger partial charge in [0.15, 0.2) is 0 Å². The van der Waals surface area contributed by atoms with Gasteiger partial charge in [0, 0.05) is 25.4 Å². The van der Waals surface area contributed by atoms with E-state index in [1.165, 1.54) is 5.56 Å². The fourth-order valence-electron chi connectivity index (χ4n) is 2.90. The number of carbonyl (C=O) groups is 1. The minimum Gasteiger partial charge on any atom is -0.393 e. The summed E-state index contributed by atoms with van der Waals surface area (Å²) < 4.78 is 5.30. The third kappa shape index (κ3) is 5.80. The number of hydrogen-bond acceptors (Lipinski definition) is 3. The van der Waals surface area contributed by atoms with Crippen molar-refractivity contribution < 1.29 is 14.6 Å². The van der Waals surface area contributed by atoms with E-state index in [0.717, 1.165) is 31.7 Å². The Bertz CT molecular complexity index is 516. The Morgan fingerprint density at radius 2 is 1.88 bits per heavy atom. The van der Waals surface area contributed by atoms with Gasteiger partial charge in [-0.1, -0.05) is 32.9 Å². The highest BCUT2D eigenvalue weighted by molar-refractivity contribution is 5.89. The Kier molecular flexibility index (Phi) is 6.63. The number of aliphatic hydroxyl groups excluding tert-OH is 1. The molecule has 0 bridgehead atoms. The largest absolute Gasteiger partial charge is 0.393 e. The molecular formula is C19H30N2O3. The van der Waals surface area contributed by atoms with Crippen molar-refractivity contribution in [1.29, 1.82) is 0 Å². The summed E-state index contributed by atoms with van der Waals surface area (Å²) in [5, 5.41) is 15.8. The van der Waals surface area contributed by atoms with Crippen LogP contribution in [-0.4, -0.2) is 37.0 Å². The summed E-state index contributed by atoms with van der Waals surface area (Å²) in [5.74, 6) is 0.286. The van der Waals surface area contributed by atoms with Crippen molar-refractivity contribution in [2.24, 2.45) is 5.92 Å². The highest BCUT2D eigenvalue weighted by atomic mass is 16.5. The first kappa shape index (κ1) is 18.7. The lowest BCUT2D eigenvalue weighted by molar-refractivity contribution is 0.00549. The van der Waals surface area contributed by atoms with Crippen LogP contribution in [0.3, 0.4) is 0 Å². The number of nitrogens with one attached hydrogen (secondary N) is 2. The summed E-state index contributed by atoms with van der Waals surface area (Å²) in [6.45, 7) is 8.38. The monoisotopic (exact) mass is 334 g/mol. The van der Waals surface area contributed by atoms with Gasteiger partial charge in [-0.2, -0.15) is 0 Å². The normalized spacial score (nSPS) is 17.3. The molecule has 1 aromatic rings. The molecule has 0 aliphatic carbocycles. The zero-order valence-corrected chi connectivity index (χ0v) is 15.0. The van der Waals surface area contributed by atoms with E-state index in [-0.39, 0.29) is 23.5 Å². The molecule has 2 rings (SSSR count). The first-order chi connectivity index (χ1) is 11.4. The lowest BCUT2D eigenvalue weighted by Crippen LogP contribution is -2.34. The van der Waals surface area contributed by atoms with Crippen molar-refractivity contribution >= 4 is 11.7 Å². The van der Waals surface area contributed by atoms with E-state index in [1.807, 2.05) is 24.3 Å². The second-order valence-corrected chi connectivity index (χ2v) is 7.51. The number of urea groups is 1. The Morgan fingerprint density at radius 1 is 1.25 bits per heavy atom. The van der Waals surface area contributed by atoms with Crippen LogP contribution in [0, 0.1) is 5.92 Å². The number of rotatable bonds is 5. The molecule has 1 aliphatic heterocycles. The van der Waals surface area contributed by atoms with E-state index in [4.69, 9.17) is 4.74 Å². The van der Waals surface area contributed by atoms with Gasteiger partial charge >= 0.3 is 6.03 Å². The van der Waals surface area contributed by atoms with Crippen LogP contribution in [-0.2, 0) is 10.2 Å². The van der Waals surface area contributed by atoms with Crippen molar-refractivity contribution in [2.45, 2.75) is 51.6 Å². The summed E-state index contributed by atoms with van der Waals surface area (Å²) in [7, 11) is 0. The molecule has 1 unspecified atom stereocenters. The Hall–Kier alpha value is -1.59. The third-order valence-electron chi connectivity index (χ3n) is 4.54. The molecule has 1 aliphatic rings. The molecule has 24 heavy (non-hydrogen) atoms. The van der Waals surface area contributed by atoms with Crippen molar-refractivity contribution in [3.05, 3.63) is 29.8 Å². The van der Waals surface area contributed by atoms with Gasteiger partial charge in [-0.3, -0.25) is 0 Å². The molecule has 134 valence electrons. The van der Waals surface area contributed by atoms with Gasteiger partial charge in [0.2, 0.25) is 0 Å². The predicted octanol–water partition coefficient (Wildman–Crippen LogP) is 3.28. The van der Waals surface area contributed by atoms with E-state index < -0.39 is 0 Å². The molecule has 0 radical (unpaired) electrons. The Labute approximate surface area is 144 Å². The topological polar surface area (TPSA) is 70.6 Å². The van der Waals surface area contributed by atoms with Crippen LogP contribution in [0.1, 0.15) is 45.6 Å². The van der Waals surface area contributed by atoms with Gasteiger partial charge in [-0.05, 0) is 48.3 Å². The van der Waals surface area contributed by atoms with Gasteiger partial charge in [0.25, 0.3) is 0 Å². The maximum atomic E-state index is 11.9. The van der Waals surface area contributed by atoms with Crippen molar-refractivity contribution in [1.82, 2.24) is 5.32 Å². The average Bonchev–Trinajstić information content (AvgIpc) is 2.55. The zero-order chi connectivity index (χ0) is 17.6. The van der Waals surface area contributed by atoms with E-state index in [2.05, 4.69) is 31.4 Å². The maximum Gasteiger partial charge on any atom is 0.319 e. The Morgan fingerprint density at radius 3 is 2.46 bits per heavy atom. The second kappa shape index (κ2) is 8.49. The predicted molar refractivity (Wildman–Crippen MR) is 96.3 cm³/mol. The summed E-state index contributed by atoms with van der Waals surface area (Å²) in [4.78, 5) is 11.9. The molecule has 5 heteroatoms. The van der Waals surface area contributed by atoms with Gasteiger partial charge in [0.05, 0.1) is 6.10 Å². The third-order valence-corrected chi connectivity index (χ3v) is 4.54. The van der Waals surface area contributed by atoms with Gasteiger partial charge < -0.3 is 20.5 Å². The molecule has 2 amide bonds. The first-order valence-corrected chi connectivity index (χ1v) is 8.77. The SMILES string of the molecule is CC(C)(C)c1ccc(NC(=O)NCCC(O)C2CCOCC2)cc1. The average molecular weight is 334 g/mol. The first-order valence-electron chi connectivity index (χ1n) is 8.77. The van der Waals surface area contributed by atoms with E-state index >= 15 is 0 Å². The standard InChI is InChI=1S/C19H30N2O3/c1-19(2,3)15-4-6-16(7-5-15)21-18(23)20-11-8-17(22)14-9-12-24-13-10-14/h4-7,14,17,22H,8-13H2,1-3H3,(H2,20,21,23). The van der Waals surface area contributed by atoms with Gasteiger partial charge in [-0.15, -0.1) is 0 Å². The number of hydrogen-bond donors (Lipinski definition) is 3. The molecule has 1 aromatic carbocycles. The number of ether oxygens (including phenoxy) is 1. The van der Waals surface area contributed by atoms with Crippen LogP contribution in [0.25, 0.3) is 0 Å². The lowest BCUT2D eigenvalue weighted by atomic mass is 9.87. The second-order valence-electron chi connectivity index (χ2n) is 7.51. The molecule has 1 heterocycles. The minimum atomic E-state index is -0.375. The highest BCUT2D eigenvalue weighted by Crippen LogP contribution is 2.23. The molecule has 0 spiro atoms. The molecule has 0 saturated carbocycles. The number of amides is 2. The van der Waals surface area contributed by atoms with Crippen molar-refractivity contribution in [2.75, 3.05) is 25.1 Å². The number of aliphatic hydroxyl groups is 1. The fraction of sp³-hybridized carbons (Fsp3) is 0.632. The molecule has 0 aromatic heterocycles. The quantitative estimate of drug-likeness (QED) is 0.774. The van der Waals surface area contributed by atoms with Crippen LogP contribution in [0.4, 0.5) is 10.5 Å². The summed E-state index contributed by atoms with van der Waals surface area (Å²) >= 11 is 0. The number of benzene rings is 1. The van der Waals surface area contributed by atoms with Crippen LogP contribution in [0.2, 0.25) is 0 Å². The Balaban J connectivity index is 1.71. The molecular weight excluding hydrogens is 304 g/mol.